The largest absolute Gasteiger partial charge is 0.412 e. The molecule has 0 saturated carbocycles. The SMILES string of the molecule is CCCCBr.O. The van der Waals surface area contributed by atoms with Crippen LogP contribution >= 0.6 is 15.9 Å². The maximum atomic E-state index is 3.31. The van der Waals surface area contributed by atoms with Gasteiger partial charge in [0.05, 0.1) is 0 Å². The second kappa shape index (κ2) is 9.06. The van der Waals surface area contributed by atoms with Crippen molar-refractivity contribution in [1.82, 2.24) is 0 Å². The van der Waals surface area contributed by atoms with Gasteiger partial charge in [-0.25, -0.2) is 0 Å². The minimum atomic E-state index is 0. The molecule has 0 aromatic rings. The Morgan fingerprint density at radius 2 is 2.00 bits per heavy atom. The Bertz CT molecular complexity index is 15.0. The van der Waals surface area contributed by atoms with Crippen molar-refractivity contribution in [3.63, 3.8) is 0 Å². The molecule has 0 spiro atoms. The van der Waals surface area contributed by atoms with E-state index >= 15 is 0 Å². The molecular formula is C4H11BrO. The fourth-order valence-corrected chi connectivity index (χ4v) is 0.694. The molecule has 0 radical (unpaired) electrons. The van der Waals surface area contributed by atoms with Crippen molar-refractivity contribution in [1.29, 1.82) is 0 Å². The lowest BCUT2D eigenvalue weighted by Gasteiger charge is -1.77. The van der Waals surface area contributed by atoms with Crippen LogP contribution in [-0.4, -0.2) is 10.8 Å². The molecule has 0 bridgehead atoms. The van der Waals surface area contributed by atoms with Crippen LogP contribution in [0.5, 0.6) is 0 Å². The van der Waals surface area contributed by atoms with E-state index < -0.39 is 0 Å². The van der Waals surface area contributed by atoms with E-state index in [1.165, 1.54) is 12.8 Å². The van der Waals surface area contributed by atoms with Crippen LogP contribution in [0.25, 0.3) is 0 Å². The van der Waals surface area contributed by atoms with Crippen LogP contribution in [0.3, 0.4) is 0 Å². The quantitative estimate of drug-likeness (QED) is 0.539. The molecule has 0 aromatic heterocycles. The number of hydrogen-bond donors (Lipinski definition) is 0. The fraction of sp³-hybridized carbons (Fsp3) is 1.00. The summed E-state index contributed by atoms with van der Waals surface area (Å²) in [5.74, 6) is 0. The van der Waals surface area contributed by atoms with Gasteiger partial charge in [0.15, 0.2) is 0 Å². The number of unbranched alkanes of at least 4 members (excludes halogenated alkanes) is 1. The third-order valence-electron chi connectivity index (χ3n) is 0.487. The molecular weight excluding hydrogens is 144 g/mol. The summed E-state index contributed by atoms with van der Waals surface area (Å²) in [5.41, 5.74) is 0. The third-order valence-corrected chi connectivity index (χ3v) is 1.05. The highest BCUT2D eigenvalue weighted by molar-refractivity contribution is 9.09. The zero-order valence-corrected chi connectivity index (χ0v) is 5.59. The normalized spacial score (nSPS) is 7.00. The molecule has 0 fully saturated rings. The van der Waals surface area contributed by atoms with Gasteiger partial charge in [0.25, 0.3) is 0 Å². The van der Waals surface area contributed by atoms with Crippen LogP contribution < -0.4 is 0 Å². The molecule has 6 heavy (non-hydrogen) atoms. The lowest BCUT2D eigenvalue weighted by Crippen LogP contribution is -1.64. The van der Waals surface area contributed by atoms with Gasteiger partial charge in [0.2, 0.25) is 0 Å². The summed E-state index contributed by atoms with van der Waals surface area (Å²) in [5, 5.41) is 1.16. The van der Waals surface area contributed by atoms with Crippen molar-refractivity contribution in [3.05, 3.63) is 0 Å². The first-order valence-corrected chi connectivity index (χ1v) is 3.10. The van der Waals surface area contributed by atoms with Crippen molar-refractivity contribution in [2.24, 2.45) is 0 Å². The Morgan fingerprint density at radius 1 is 1.50 bits per heavy atom. The van der Waals surface area contributed by atoms with E-state index in [0.717, 1.165) is 5.33 Å². The van der Waals surface area contributed by atoms with E-state index in [4.69, 9.17) is 0 Å². The van der Waals surface area contributed by atoms with Crippen molar-refractivity contribution in [2.75, 3.05) is 5.33 Å². The zero-order valence-electron chi connectivity index (χ0n) is 4.00. The molecule has 0 amide bonds. The highest BCUT2D eigenvalue weighted by atomic mass is 79.9. The predicted octanol–water partition coefficient (Wildman–Crippen LogP) is 1.36. The molecule has 0 unspecified atom stereocenters. The van der Waals surface area contributed by atoms with E-state index in [-0.39, 0.29) is 5.48 Å². The van der Waals surface area contributed by atoms with Gasteiger partial charge in [-0.05, 0) is 6.42 Å². The standard InChI is InChI=1S/C4H9Br.H2O/c1-2-3-4-5;/h2-4H2,1H3;1H2. The molecule has 0 heterocycles. The van der Waals surface area contributed by atoms with Gasteiger partial charge < -0.3 is 5.48 Å². The average Bonchev–Trinajstić information content (AvgIpc) is 1.41. The smallest absolute Gasteiger partial charge is 0.00312 e. The lowest BCUT2D eigenvalue weighted by molar-refractivity contribution is 0.824. The Balaban J connectivity index is 0. The fourth-order valence-electron chi connectivity index (χ4n) is 0.134. The van der Waals surface area contributed by atoms with Gasteiger partial charge >= 0.3 is 0 Å². The monoisotopic (exact) mass is 154 g/mol. The maximum absolute atomic E-state index is 3.31. The van der Waals surface area contributed by atoms with Crippen molar-refractivity contribution in [2.45, 2.75) is 19.8 Å². The van der Waals surface area contributed by atoms with Crippen LogP contribution in [0.15, 0.2) is 0 Å². The van der Waals surface area contributed by atoms with Crippen LogP contribution in [0.1, 0.15) is 19.8 Å². The highest BCUT2D eigenvalue weighted by Crippen LogP contribution is 1.89. The van der Waals surface area contributed by atoms with Crippen molar-refractivity contribution < 1.29 is 5.48 Å². The molecule has 0 aliphatic carbocycles. The van der Waals surface area contributed by atoms with Crippen LogP contribution in [0, 0.1) is 0 Å². The Morgan fingerprint density at radius 3 is 2.00 bits per heavy atom. The van der Waals surface area contributed by atoms with Gasteiger partial charge in [-0.1, -0.05) is 29.3 Å². The number of rotatable bonds is 2. The predicted molar refractivity (Wildman–Crippen MR) is 32.3 cm³/mol. The van der Waals surface area contributed by atoms with Crippen LogP contribution in [0.2, 0.25) is 0 Å². The molecule has 0 atom stereocenters. The van der Waals surface area contributed by atoms with E-state index in [1.54, 1.807) is 0 Å². The number of alkyl halides is 1. The molecule has 2 heteroatoms. The Kier molecular flexibility index (Phi) is 14.6. The first kappa shape index (κ1) is 9.67. The summed E-state index contributed by atoms with van der Waals surface area (Å²) in [6.07, 6.45) is 2.60. The topological polar surface area (TPSA) is 31.5 Å². The minimum Gasteiger partial charge on any atom is -0.412 e. The molecule has 0 saturated heterocycles. The Hall–Kier alpha value is 0.440. The van der Waals surface area contributed by atoms with Crippen LogP contribution in [0.4, 0.5) is 0 Å². The lowest BCUT2D eigenvalue weighted by atomic mass is 10.4. The average molecular weight is 155 g/mol. The van der Waals surface area contributed by atoms with Gasteiger partial charge in [-0.15, -0.1) is 0 Å². The van der Waals surface area contributed by atoms with E-state index in [1.807, 2.05) is 0 Å². The van der Waals surface area contributed by atoms with Crippen molar-refractivity contribution >= 4 is 15.9 Å². The Labute approximate surface area is 47.2 Å². The van der Waals surface area contributed by atoms with E-state index in [0.29, 0.717) is 0 Å². The summed E-state index contributed by atoms with van der Waals surface area (Å²) in [7, 11) is 0. The minimum absolute atomic E-state index is 0. The van der Waals surface area contributed by atoms with E-state index in [9.17, 15) is 0 Å². The van der Waals surface area contributed by atoms with Gasteiger partial charge in [0, 0.05) is 5.33 Å². The summed E-state index contributed by atoms with van der Waals surface area (Å²) >= 11 is 3.31. The van der Waals surface area contributed by atoms with Crippen molar-refractivity contribution in [3.8, 4) is 0 Å². The summed E-state index contributed by atoms with van der Waals surface area (Å²) in [6, 6.07) is 0. The molecule has 0 aliphatic rings. The maximum Gasteiger partial charge on any atom is 0.00312 e. The second-order valence-electron chi connectivity index (χ2n) is 1.04. The molecule has 40 valence electrons. The first-order chi connectivity index (χ1) is 2.41. The molecule has 0 rings (SSSR count). The molecule has 2 N–H and O–H groups in total. The number of hydrogen-bond acceptors (Lipinski definition) is 0. The van der Waals surface area contributed by atoms with E-state index in [2.05, 4.69) is 22.9 Å². The van der Waals surface area contributed by atoms with Gasteiger partial charge in [-0.2, -0.15) is 0 Å². The highest BCUT2D eigenvalue weighted by Gasteiger charge is 1.69. The third kappa shape index (κ3) is 8.83. The second-order valence-corrected chi connectivity index (χ2v) is 1.84. The summed E-state index contributed by atoms with van der Waals surface area (Å²) < 4.78 is 0. The molecule has 0 aromatic carbocycles. The number of halogens is 1. The summed E-state index contributed by atoms with van der Waals surface area (Å²) in [4.78, 5) is 0. The first-order valence-electron chi connectivity index (χ1n) is 1.97. The van der Waals surface area contributed by atoms with Crippen LogP contribution in [-0.2, 0) is 0 Å². The van der Waals surface area contributed by atoms with Gasteiger partial charge in [0.1, 0.15) is 0 Å². The summed E-state index contributed by atoms with van der Waals surface area (Å²) in [6.45, 7) is 2.18. The zero-order chi connectivity index (χ0) is 4.12. The van der Waals surface area contributed by atoms with Gasteiger partial charge in [-0.3, -0.25) is 0 Å². The molecule has 0 aliphatic heterocycles. The molecule has 1 nitrogen and oxygen atoms in total.